The Bertz CT molecular complexity index is 231. The lowest BCUT2D eigenvalue weighted by molar-refractivity contribution is -0.156. The maximum atomic E-state index is 10.8. The Morgan fingerprint density at radius 3 is 2.50 bits per heavy atom. The predicted molar refractivity (Wildman–Crippen MR) is 40.1 cm³/mol. The van der Waals surface area contributed by atoms with E-state index in [0.717, 1.165) is 4.90 Å². The first-order valence-electron chi connectivity index (χ1n) is 3.37. The molecule has 0 heterocycles. The van der Waals surface area contributed by atoms with Crippen molar-refractivity contribution in [2.45, 2.75) is 19.4 Å². The fourth-order valence-electron chi connectivity index (χ4n) is 0.620. The van der Waals surface area contributed by atoms with Crippen LogP contribution >= 0.6 is 0 Å². The Kier molecular flexibility index (Phi) is 3.77. The molecule has 0 aliphatic carbocycles. The molecule has 0 bridgehead atoms. The summed E-state index contributed by atoms with van der Waals surface area (Å²) in [6.07, 6.45) is 0.134. The molecule has 1 atom stereocenters. The van der Waals surface area contributed by atoms with E-state index in [9.17, 15) is 9.59 Å². The number of hydrogen-bond acceptors (Lipinski definition) is 3. The second-order valence-electron chi connectivity index (χ2n) is 2.43. The molecule has 0 saturated carbocycles. The second kappa shape index (κ2) is 4.34. The highest BCUT2D eigenvalue weighted by molar-refractivity contribution is 6.31. The topological polar surface area (TPSA) is 81.4 Å². The van der Waals surface area contributed by atoms with E-state index in [0.29, 0.717) is 0 Å². The summed E-state index contributed by atoms with van der Waals surface area (Å²) >= 11 is 0. The van der Waals surface area contributed by atoms with E-state index in [1.54, 1.807) is 6.92 Å². The van der Waals surface area contributed by atoms with Gasteiger partial charge in [-0.05, 0) is 6.92 Å². The lowest BCUT2D eigenvalue weighted by Gasteiger charge is -2.20. The monoisotopic (exact) mass is 170 g/mol. The predicted octanol–water partition coefficient (Wildman–Crippen LogP) is -0.168. The van der Waals surface area contributed by atoms with E-state index < -0.39 is 11.9 Å². The van der Waals surface area contributed by atoms with E-state index in [2.05, 4.69) is 0 Å². The molecule has 0 spiro atoms. The number of rotatable bonds is 2. The number of carboxylic acids is 1. The molecule has 1 N–H and O–H groups in total. The van der Waals surface area contributed by atoms with Crippen molar-refractivity contribution < 1.29 is 14.7 Å². The summed E-state index contributed by atoms with van der Waals surface area (Å²) in [5.74, 6) is -2.49. The van der Waals surface area contributed by atoms with Crippen LogP contribution in [0.4, 0.5) is 0 Å². The van der Waals surface area contributed by atoms with Crippen molar-refractivity contribution >= 4 is 11.9 Å². The van der Waals surface area contributed by atoms with Crippen LogP contribution in [0.3, 0.4) is 0 Å². The zero-order valence-corrected chi connectivity index (χ0v) is 6.94. The minimum absolute atomic E-state index is 0.134. The molecule has 66 valence electrons. The van der Waals surface area contributed by atoms with Crippen molar-refractivity contribution in [3.8, 4) is 6.07 Å². The van der Waals surface area contributed by atoms with Gasteiger partial charge in [-0.25, -0.2) is 4.79 Å². The molecule has 0 saturated heterocycles. The SMILES string of the molecule is CC(CC#N)N(C)C(=O)C(=O)O. The van der Waals surface area contributed by atoms with Crippen LogP contribution in [0.15, 0.2) is 0 Å². The molecule has 0 aromatic carbocycles. The van der Waals surface area contributed by atoms with Crippen LogP contribution in [0.5, 0.6) is 0 Å². The first kappa shape index (κ1) is 10.4. The summed E-state index contributed by atoms with van der Waals surface area (Å²) in [6, 6.07) is 1.49. The normalized spacial score (nSPS) is 11.4. The molecule has 1 amide bonds. The number of carbonyl (C=O) groups is 2. The summed E-state index contributed by atoms with van der Waals surface area (Å²) < 4.78 is 0. The van der Waals surface area contributed by atoms with E-state index in [1.165, 1.54) is 7.05 Å². The average Bonchev–Trinajstić information content (AvgIpc) is 2.02. The van der Waals surface area contributed by atoms with Gasteiger partial charge < -0.3 is 10.0 Å². The summed E-state index contributed by atoms with van der Waals surface area (Å²) in [5, 5.41) is 16.6. The van der Waals surface area contributed by atoms with Crippen LogP contribution in [0.25, 0.3) is 0 Å². The zero-order valence-electron chi connectivity index (χ0n) is 6.94. The highest BCUT2D eigenvalue weighted by Gasteiger charge is 2.21. The molecule has 0 fully saturated rings. The quantitative estimate of drug-likeness (QED) is 0.583. The molecule has 5 nitrogen and oxygen atoms in total. The van der Waals surface area contributed by atoms with Crippen molar-refractivity contribution in [1.82, 2.24) is 4.90 Å². The van der Waals surface area contributed by atoms with Crippen LogP contribution < -0.4 is 0 Å². The van der Waals surface area contributed by atoms with Gasteiger partial charge in [-0.2, -0.15) is 5.26 Å². The van der Waals surface area contributed by atoms with E-state index in [-0.39, 0.29) is 12.5 Å². The summed E-state index contributed by atoms with van der Waals surface area (Å²) in [7, 11) is 1.36. The Balaban J connectivity index is 4.20. The van der Waals surface area contributed by atoms with Gasteiger partial charge in [-0.3, -0.25) is 4.79 Å². The first-order chi connectivity index (χ1) is 5.50. The number of nitriles is 1. The molecular formula is C7H10N2O3. The van der Waals surface area contributed by atoms with Crippen LogP contribution in [-0.4, -0.2) is 35.0 Å². The third-order valence-corrected chi connectivity index (χ3v) is 1.55. The molecule has 12 heavy (non-hydrogen) atoms. The molecule has 0 aromatic heterocycles. The number of aliphatic carboxylic acids is 1. The first-order valence-corrected chi connectivity index (χ1v) is 3.37. The van der Waals surface area contributed by atoms with Crippen molar-refractivity contribution in [2.24, 2.45) is 0 Å². The lowest BCUT2D eigenvalue weighted by Crippen LogP contribution is -2.39. The lowest BCUT2D eigenvalue weighted by atomic mass is 10.2. The fourth-order valence-corrected chi connectivity index (χ4v) is 0.620. The molecule has 0 aliphatic heterocycles. The Hall–Kier alpha value is -1.57. The highest BCUT2D eigenvalue weighted by Crippen LogP contribution is 1.99. The minimum atomic E-state index is -1.50. The Morgan fingerprint density at radius 2 is 2.17 bits per heavy atom. The Labute approximate surface area is 70.2 Å². The third kappa shape index (κ3) is 2.58. The maximum Gasteiger partial charge on any atom is 0.394 e. The smallest absolute Gasteiger partial charge is 0.394 e. The average molecular weight is 170 g/mol. The van der Waals surface area contributed by atoms with Gasteiger partial charge in [0.05, 0.1) is 12.5 Å². The van der Waals surface area contributed by atoms with Crippen molar-refractivity contribution in [3.05, 3.63) is 0 Å². The number of nitrogens with zero attached hydrogens (tertiary/aromatic N) is 2. The number of likely N-dealkylation sites (N-methyl/N-ethyl adjacent to an activating group) is 1. The second-order valence-corrected chi connectivity index (χ2v) is 2.43. The molecule has 0 aromatic rings. The standard InChI is InChI=1S/C7H10N2O3/c1-5(3-4-8)9(2)6(10)7(11)12/h5H,3H2,1-2H3,(H,11,12). The summed E-state index contributed by atoms with van der Waals surface area (Å²) in [4.78, 5) is 22.0. The molecule has 0 rings (SSSR count). The van der Waals surface area contributed by atoms with Gasteiger partial charge in [0.2, 0.25) is 0 Å². The zero-order chi connectivity index (χ0) is 9.72. The summed E-state index contributed by atoms with van der Waals surface area (Å²) in [5.41, 5.74) is 0. The van der Waals surface area contributed by atoms with Gasteiger partial charge in [0.15, 0.2) is 0 Å². The van der Waals surface area contributed by atoms with Crippen LogP contribution in [0.2, 0.25) is 0 Å². The van der Waals surface area contributed by atoms with Crippen LogP contribution in [0, 0.1) is 11.3 Å². The fraction of sp³-hybridized carbons (Fsp3) is 0.571. The van der Waals surface area contributed by atoms with Crippen LogP contribution in [-0.2, 0) is 9.59 Å². The molecule has 5 heteroatoms. The number of amides is 1. The van der Waals surface area contributed by atoms with E-state index in [1.807, 2.05) is 6.07 Å². The van der Waals surface area contributed by atoms with Gasteiger partial charge in [-0.1, -0.05) is 0 Å². The van der Waals surface area contributed by atoms with E-state index in [4.69, 9.17) is 10.4 Å². The largest absolute Gasteiger partial charge is 0.474 e. The summed E-state index contributed by atoms with van der Waals surface area (Å²) in [6.45, 7) is 1.62. The number of carbonyl (C=O) groups excluding carboxylic acids is 1. The van der Waals surface area contributed by atoms with Gasteiger partial charge in [0.1, 0.15) is 0 Å². The molecule has 0 aliphatic rings. The molecular weight excluding hydrogens is 160 g/mol. The molecule has 0 radical (unpaired) electrons. The Morgan fingerprint density at radius 1 is 1.67 bits per heavy atom. The van der Waals surface area contributed by atoms with Crippen molar-refractivity contribution in [2.75, 3.05) is 7.05 Å². The van der Waals surface area contributed by atoms with Gasteiger partial charge in [0, 0.05) is 13.1 Å². The van der Waals surface area contributed by atoms with Gasteiger partial charge >= 0.3 is 11.9 Å². The van der Waals surface area contributed by atoms with Crippen molar-refractivity contribution in [1.29, 1.82) is 5.26 Å². The van der Waals surface area contributed by atoms with E-state index >= 15 is 0 Å². The van der Waals surface area contributed by atoms with Crippen LogP contribution in [0.1, 0.15) is 13.3 Å². The highest BCUT2D eigenvalue weighted by atomic mass is 16.4. The number of carboxylic acid groups (broad SMARTS) is 1. The molecule has 1 unspecified atom stereocenters. The third-order valence-electron chi connectivity index (χ3n) is 1.55. The van der Waals surface area contributed by atoms with Crippen molar-refractivity contribution in [3.63, 3.8) is 0 Å². The number of hydrogen-bond donors (Lipinski definition) is 1. The van der Waals surface area contributed by atoms with Gasteiger partial charge in [-0.15, -0.1) is 0 Å². The minimum Gasteiger partial charge on any atom is -0.474 e. The van der Waals surface area contributed by atoms with Gasteiger partial charge in [0.25, 0.3) is 0 Å². The maximum absolute atomic E-state index is 10.8.